The van der Waals surface area contributed by atoms with Gasteiger partial charge in [-0.2, -0.15) is 4.40 Å². The number of hydrogen-bond donors (Lipinski definition) is 0. The smallest absolute Gasteiger partial charge is 0.350 e. The van der Waals surface area contributed by atoms with Crippen molar-refractivity contribution in [3.63, 3.8) is 0 Å². The van der Waals surface area contributed by atoms with Gasteiger partial charge in [0.25, 0.3) is 0 Å². The van der Waals surface area contributed by atoms with E-state index in [1.54, 1.807) is 19.1 Å². The molecule has 0 unspecified atom stereocenters. The van der Waals surface area contributed by atoms with Crippen molar-refractivity contribution in [2.24, 2.45) is 4.40 Å². The Hall–Kier alpha value is -1.49. The van der Waals surface area contributed by atoms with Gasteiger partial charge in [0.2, 0.25) is 0 Å². The fourth-order valence-electron chi connectivity index (χ4n) is 0.986. The van der Waals surface area contributed by atoms with Crippen LogP contribution in [0.15, 0.2) is 33.6 Å². The Labute approximate surface area is 96.9 Å². The summed E-state index contributed by atoms with van der Waals surface area (Å²) in [5.41, 5.74) is 1.08. The van der Waals surface area contributed by atoms with Gasteiger partial charge in [-0.1, -0.05) is 17.7 Å². The number of carbonyl (C=O) groups excluding carboxylic acids is 1. The van der Waals surface area contributed by atoms with Crippen LogP contribution in [0.25, 0.3) is 0 Å². The van der Waals surface area contributed by atoms with Gasteiger partial charge in [-0.25, -0.2) is 9.00 Å². The van der Waals surface area contributed by atoms with Gasteiger partial charge in [0.1, 0.15) is 6.21 Å². The number of hydrogen-bond acceptors (Lipinski definition) is 3. The maximum absolute atomic E-state index is 11.6. The lowest BCUT2D eigenvalue weighted by Gasteiger charge is -1.97. The molecule has 1 atom stereocenters. The molecule has 0 saturated carbocycles. The summed E-state index contributed by atoms with van der Waals surface area (Å²) < 4.78 is 19.8. The van der Waals surface area contributed by atoms with Gasteiger partial charge in [-0.05, 0) is 26.0 Å². The van der Waals surface area contributed by atoms with E-state index in [1.165, 1.54) is 0 Å². The predicted octanol–water partition coefficient (Wildman–Crippen LogP) is 1.65. The highest BCUT2D eigenvalue weighted by Crippen LogP contribution is 2.08. The maximum atomic E-state index is 11.6. The molecule has 0 fully saturated rings. The molecule has 5 heteroatoms. The predicted molar refractivity (Wildman–Crippen MR) is 62.7 cm³/mol. The third kappa shape index (κ3) is 3.94. The molecule has 0 aromatic heterocycles. The molecule has 0 spiro atoms. The van der Waals surface area contributed by atoms with Crippen molar-refractivity contribution >= 4 is 23.2 Å². The molecule has 0 heterocycles. The topological polar surface area (TPSA) is 55.7 Å². The first-order valence-electron chi connectivity index (χ1n) is 4.83. The first-order valence-corrected chi connectivity index (χ1v) is 5.93. The lowest BCUT2D eigenvalue weighted by Crippen LogP contribution is -2.05. The van der Waals surface area contributed by atoms with E-state index in [0.717, 1.165) is 11.8 Å². The molecule has 16 heavy (non-hydrogen) atoms. The standard InChI is InChI=1S/C11H13NO3S/c1-3-15-11(13)8-12-16(14)10-6-4-9(2)5-7-10/h4-8H,3H2,1-2H3/t16-/m0/s1. The molecule has 0 saturated heterocycles. The average Bonchev–Trinajstić information content (AvgIpc) is 2.27. The zero-order valence-corrected chi connectivity index (χ0v) is 9.99. The Bertz CT molecular complexity index is 412. The zero-order valence-electron chi connectivity index (χ0n) is 9.17. The van der Waals surface area contributed by atoms with Crippen molar-refractivity contribution in [2.75, 3.05) is 6.61 Å². The SMILES string of the molecule is CCOC(=O)C=N[S@@](=O)c1ccc(C)cc1. The summed E-state index contributed by atoms with van der Waals surface area (Å²) in [4.78, 5) is 11.5. The van der Waals surface area contributed by atoms with Gasteiger partial charge >= 0.3 is 5.97 Å². The van der Waals surface area contributed by atoms with E-state index in [4.69, 9.17) is 0 Å². The Morgan fingerprint density at radius 3 is 2.62 bits per heavy atom. The second kappa shape index (κ2) is 6.17. The summed E-state index contributed by atoms with van der Waals surface area (Å²) in [6.45, 7) is 3.92. The second-order valence-corrected chi connectivity index (χ2v) is 4.23. The molecule has 4 nitrogen and oxygen atoms in total. The summed E-state index contributed by atoms with van der Waals surface area (Å²) in [7, 11) is -1.55. The summed E-state index contributed by atoms with van der Waals surface area (Å²) in [6.07, 6.45) is 0.944. The van der Waals surface area contributed by atoms with Crippen molar-refractivity contribution in [3.05, 3.63) is 29.8 Å². The third-order valence-corrected chi connectivity index (χ3v) is 2.74. The molecule has 0 bridgehead atoms. The lowest BCUT2D eigenvalue weighted by atomic mass is 10.2. The van der Waals surface area contributed by atoms with Crippen LogP contribution in [0.3, 0.4) is 0 Å². The quantitative estimate of drug-likeness (QED) is 0.593. The Morgan fingerprint density at radius 1 is 1.44 bits per heavy atom. The Morgan fingerprint density at radius 2 is 2.06 bits per heavy atom. The monoisotopic (exact) mass is 239 g/mol. The largest absolute Gasteiger partial charge is 0.462 e. The van der Waals surface area contributed by atoms with Gasteiger partial charge in [0.05, 0.1) is 11.5 Å². The molecular weight excluding hydrogens is 226 g/mol. The minimum absolute atomic E-state index is 0.280. The van der Waals surface area contributed by atoms with Crippen molar-refractivity contribution < 1.29 is 13.7 Å². The van der Waals surface area contributed by atoms with E-state index >= 15 is 0 Å². The van der Waals surface area contributed by atoms with Crippen molar-refractivity contribution in [1.82, 2.24) is 0 Å². The van der Waals surface area contributed by atoms with E-state index in [9.17, 15) is 9.00 Å². The minimum Gasteiger partial charge on any atom is -0.462 e. The van der Waals surface area contributed by atoms with Crippen LogP contribution in [-0.2, 0) is 20.5 Å². The fourth-order valence-corrected chi connectivity index (χ4v) is 1.66. The van der Waals surface area contributed by atoms with Gasteiger partial charge in [0.15, 0.2) is 11.0 Å². The highest BCUT2D eigenvalue weighted by atomic mass is 32.2. The molecule has 1 aromatic carbocycles. The highest BCUT2D eigenvalue weighted by Gasteiger charge is 2.02. The van der Waals surface area contributed by atoms with Crippen molar-refractivity contribution in [1.29, 1.82) is 0 Å². The molecule has 0 aliphatic heterocycles. The average molecular weight is 239 g/mol. The van der Waals surface area contributed by atoms with Crippen LogP contribution in [0.1, 0.15) is 12.5 Å². The number of nitrogens with zero attached hydrogens (tertiary/aromatic N) is 1. The molecular formula is C11H13NO3S. The molecule has 0 N–H and O–H groups in total. The van der Waals surface area contributed by atoms with Crippen molar-refractivity contribution in [3.8, 4) is 0 Å². The highest BCUT2D eigenvalue weighted by molar-refractivity contribution is 7.83. The zero-order chi connectivity index (χ0) is 12.0. The Balaban J connectivity index is 2.65. The van der Waals surface area contributed by atoms with Crippen LogP contribution < -0.4 is 0 Å². The number of esters is 1. The van der Waals surface area contributed by atoms with Crippen LogP contribution >= 0.6 is 0 Å². The number of ether oxygens (including phenoxy) is 1. The minimum atomic E-state index is -1.55. The molecule has 0 aliphatic rings. The third-order valence-electron chi connectivity index (χ3n) is 1.76. The lowest BCUT2D eigenvalue weighted by molar-refractivity contribution is -0.134. The number of benzene rings is 1. The second-order valence-electron chi connectivity index (χ2n) is 3.05. The number of aryl methyl sites for hydroxylation is 1. The summed E-state index contributed by atoms with van der Waals surface area (Å²) >= 11 is 0. The van der Waals surface area contributed by atoms with E-state index in [0.29, 0.717) is 4.90 Å². The first-order chi connectivity index (χ1) is 7.63. The van der Waals surface area contributed by atoms with Gasteiger partial charge in [-0.3, -0.25) is 0 Å². The van der Waals surface area contributed by atoms with Gasteiger partial charge in [-0.15, -0.1) is 0 Å². The summed E-state index contributed by atoms with van der Waals surface area (Å²) in [5, 5.41) is 0. The normalized spacial score (nSPS) is 12.6. The van der Waals surface area contributed by atoms with E-state index in [-0.39, 0.29) is 6.61 Å². The van der Waals surface area contributed by atoms with E-state index < -0.39 is 17.0 Å². The summed E-state index contributed by atoms with van der Waals surface area (Å²) in [6, 6.07) is 7.11. The first kappa shape index (κ1) is 12.6. The fraction of sp³-hybridized carbons (Fsp3) is 0.273. The molecule has 0 amide bonds. The van der Waals surface area contributed by atoms with E-state index in [1.807, 2.05) is 19.1 Å². The van der Waals surface area contributed by atoms with Gasteiger partial charge in [0, 0.05) is 0 Å². The van der Waals surface area contributed by atoms with Crippen LogP contribution in [0.2, 0.25) is 0 Å². The van der Waals surface area contributed by atoms with Crippen LogP contribution in [0.4, 0.5) is 0 Å². The van der Waals surface area contributed by atoms with Gasteiger partial charge < -0.3 is 4.74 Å². The van der Waals surface area contributed by atoms with E-state index in [2.05, 4.69) is 9.13 Å². The number of carbonyl (C=O) groups is 1. The molecule has 0 aliphatic carbocycles. The molecule has 0 radical (unpaired) electrons. The number of rotatable bonds is 4. The summed E-state index contributed by atoms with van der Waals surface area (Å²) in [5.74, 6) is -0.581. The van der Waals surface area contributed by atoms with Crippen LogP contribution in [0, 0.1) is 6.92 Å². The van der Waals surface area contributed by atoms with Crippen molar-refractivity contribution in [2.45, 2.75) is 18.7 Å². The van der Waals surface area contributed by atoms with Crippen LogP contribution in [0.5, 0.6) is 0 Å². The van der Waals surface area contributed by atoms with Crippen LogP contribution in [-0.4, -0.2) is 23.0 Å². The molecule has 1 aromatic rings. The molecule has 1 rings (SSSR count). The Kier molecular flexibility index (Phi) is 4.85. The molecule has 86 valence electrons. The maximum Gasteiger partial charge on any atom is 0.350 e.